The normalized spacial score (nSPS) is 10.5. The predicted octanol–water partition coefficient (Wildman–Crippen LogP) is 3.41. The summed E-state index contributed by atoms with van der Waals surface area (Å²) in [5, 5.41) is 17.8. The van der Waals surface area contributed by atoms with Gasteiger partial charge in [-0.15, -0.1) is 0 Å². The van der Waals surface area contributed by atoms with Gasteiger partial charge < -0.3 is 5.32 Å². The number of aryl methyl sites for hydroxylation is 1. The molecule has 7 nitrogen and oxygen atoms in total. The van der Waals surface area contributed by atoms with E-state index in [0.29, 0.717) is 22.8 Å². The number of rotatable bonds is 5. The van der Waals surface area contributed by atoms with Gasteiger partial charge in [0.1, 0.15) is 11.6 Å². The fraction of sp³-hybridized carbons (Fsp3) is 0.111. The molecule has 26 heavy (non-hydrogen) atoms. The molecule has 1 heterocycles. The molecule has 0 saturated carbocycles. The summed E-state index contributed by atoms with van der Waals surface area (Å²) >= 11 is 0. The molecule has 132 valence electrons. The van der Waals surface area contributed by atoms with Gasteiger partial charge in [-0.2, -0.15) is 5.10 Å². The Hall–Kier alpha value is -3.55. The van der Waals surface area contributed by atoms with Gasteiger partial charge in [0.15, 0.2) is 0 Å². The molecule has 0 atom stereocenters. The number of nitrogens with zero attached hydrogens (tertiary/aromatic N) is 3. The lowest BCUT2D eigenvalue weighted by atomic mass is 10.1. The van der Waals surface area contributed by atoms with Crippen LogP contribution >= 0.6 is 0 Å². The minimum atomic E-state index is -0.483. The molecule has 0 radical (unpaired) electrons. The largest absolute Gasteiger partial charge is 0.310 e. The molecule has 0 fully saturated rings. The first-order valence-corrected chi connectivity index (χ1v) is 7.78. The Morgan fingerprint density at radius 1 is 1.19 bits per heavy atom. The average molecular weight is 354 g/mol. The highest BCUT2D eigenvalue weighted by Crippen LogP contribution is 2.20. The number of halogens is 1. The van der Waals surface area contributed by atoms with Crippen LogP contribution in [0.15, 0.2) is 54.6 Å². The zero-order valence-electron chi connectivity index (χ0n) is 13.8. The van der Waals surface area contributed by atoms with E-state index in [0.717, 1.165) is 0 Å². The zero-order chi connectivity index (χ0) is 18.7. The summed E-state index contributed by atoms with van der Waals surface area (Å²) in [6.07, 6.45) is 0.0881. The van der Waals surface area contributed by atoms with Gasteiger partial charge in [-0.3, -0.25) is 14.9 Å². The smallest absolute Gasteiger partial charge is 0.269 e. The van der Waals surface area contributed by atoms with Crippen LogP contribution in [0.4, 0.5) is 15.9 Å². The van der Waals surface area contributed by atoms with E-state index in [1.807, 2.05) is 0 Å². The van der Waals surface area contributed by atoms with E-state index < -0.39 is 4.92 Å². The Labute approximate surface area is 148 Å². The van der Waals surface area contributed by atoms with Gasteiger partial charge in [-0.05, 0) is 36.8 Å². The summed E-state index contributed by atoms with van der Waals surface area (Å²) in [6, 6.07) is 13.3. The molecule has 1 aromatic heterocycles. The Kier molecular flexibility index (Phi) is 4.74. The average Bonchev–Trinajstić information content (AvgIpc) is 2.97. The van der Waals surface area contributed by atoms with Crippen LogP contribution in [0.5, 0.6) is 0 Å². The van der Waals surface area contributed by atoms with Gasteiger partial charge in [0.05, 0.1) is 22.7 Å². The van der Waals surface area contributed by atoms with Crippen LogP contribution in [0.3, 0.4) is 0 Å². The molecule has 0 aliphatic rings. The van der Waals surface area contributed by atoms with Crippen molar-refractivity contribution in [3.05, 3.63) is 81.8 Å². The minimum absolute atomic E-state index is 0.0282. The van der Waals surface area contributed by atoms with E-state index in [1.165, 1.54) is 28.9 Å². The molecule has 3 rings (SSSR count). The van der Waals surface area contributed by atoms with E-state index in [-0.39, 0.29) is 23.8 Å². The number of carbonyl (C=O) groups is 1. The third-order valence-corrected chi connectivity index (χ3v) is 3.68. The standard InChI is InChI=1S/C18H15FN4O3/c1-12-10-17(20-18(24)11-13-2-4-14(19)5-3-13)22(21-12)15-6-8-16(9-7-15)23(25)26/h2-10H,11H2,1H3,(H,20,24). The molecule has 3 aromatic rings. The van der Waals surface area contributed by atoms with Crippen LogP contribution in [0.1, 0.15) is 11.3 Å². The summed E-state index contributed by atoms with van der Waals surface area (Å²) in [5.74, 6) is -0.191. The molecule has 0 spiro atoms. The van der Waals surface area contributed by atoms with E-state index in [9.17, 15) is 19.3 Å². The van der Waals surface area contributed by atoms with Crippen LogP contribution in [0.25, 0.3) is 5.69 Å². The van der Waals surface area contributed by atoms with Crippen molar-refractivity contribution in [2.45, 2.75) is 13.3 Å². The maximum absolute atomic E-state index is 12.9. The fourth-order valence-electron chi connectivity index (χ4n) is 2.48. The Bertz CT molecular complexity index is 950. The summed E-state index contributed by atoms with van der Waals surface area (Å²) < 4.78 is 14.4. The number of benzene rings is 2. The number of aromatic nitrogens is 2. The van der Waals surface area contributed by atoms with E-state index in [4.69, 9.17) is 0 Å². The van der Waals surface area contributed by atoms with Crippen LogP contribution < -0.4 is 5.32 Å². The van der Waals surface area contributed by atoms with Gasteiger partial charge in [0, 0.05) is 18.2 Å². The molecule has 0 saturated heterocycles. The van der Waals surface area contributed by atoms with Crippen molar-refractivity contribution in [2.24, 2.45) is 0 Å². The van der Waals surface area contributed by atoms with Crippen LogP contribution in [-0.4, -0.2) is 20.6 Å². The van der Waals surface area contributed by atoms with Gasteiger partial charge in [0.25, 0.3) is 5.69 Å². The van der Waals surface area contributed by atoms with Crippen molar-refractivity contribution >= 4 is 17.4 Å². The van der Waals surface area contributed by atoms with E-state index in [1.54, 1.807) is 37.3 Å². The summed E-state index contributed by atoms with van der Waals surface area (Å²) in [6.45, 7) is 1.78. The number of anilines is 1. The third kappa shape index (κ3) is 3.92. The Morgan fingerprint density at radius 3 is 2.46 bits per heavy atom. The molecule has 0 unspecified atom stereocenters. The quantitative estimate of drug-likeness (QED) is 0.561. The number of hydrogen-bond donors (Lipinski definition) is 1. The summed E-state index contributed by atoms with van der Waals surface area (Å²) in [5.41, 5.74) is 1.92. The number of hydrogen-bond acceptors (Lipinski definition) is 4. The monoisotopic (exact) mass is 354 g/mol. The second-order valence-corrected chi connectivity index (χ2v) is 5.71. The van der Waals surface area contributed by atoms with Crippen LogP contribution in [-0.2, 0) is 11.2 Å². The van der Waals surface area contributed by atoms with Crippen molar-refractivity contribution in [1.82, 2.24) is 9.78 Å². The molecule has 1 N–H and O–H groups in total. The highest BCUT2D eigenvalue weighted by atomic mass is 19.1. The maximum Gasteiger partial charge on any atom is 0.269 e. The number of carbonyl (C=O) groups excluding carboxylic acids is 1. The van der Waals surface area contributed by atoms with Crippen molar-refractivity contribution in [3.63, 3.8) is 0 Å². The lowest BCUT2D eigenvalue weighted by Crippen LogP contribution is -2.17. The number of amides is 1. The topological polar surface area (TPSA) is 90.1 Å². The minimum Gasteiger partial charge on any atom is -0.310 e. The predicted molar refractivity (Wildman–Crippen MR) is 93.7 cm³/mol. The first kappa shape index (κ1) is 17.3. The van der Waals surface area contributed by atoms with Crippen LogP contribution in [0, 0.1) is 22.9 Å². The number of nitro groups is 1. The summed E-state index contributed by atoms with van der Waals surface area (Å²) in [7, 11) is 0. The van der Waals surface area contributed by atoms with Gasteiger partial charge in [-0.1, -0.05) is 12.1 Å². The lowest BCUT2D eigenvalue weighted by Gasteiger charge is -2.09. The summed E-state index contributed by atoms with van der Waals surface area (Å²) in [4.78, 5) is 22.5. The number of nitro benzene ring substituents is 1. The molecule has 2 aromatic carbocycles. The van der Waals surface area contributed by atoms with Gasteiger partial charge in [0.2, 0.25) is 5.91 Å². The number of nitrogens with one attached hydrogen (secondary N) is 1. The lowest BCUT2D eigenvalue weighted by molar-refractivity contribution is -0.384. The van der Waals surface area contributed by atoms with Crippen molar-refractivity contribution in [3.8, 4) is 5.69 Å². The zero-order valence-corrected chi connectivity index (χ0v) is 13.8. The van der Waals surface area contributed by atoms with Crippen molar-refractivity contribution in [2.75, 3.05) is 5.32 Å². The third-order valence-electron chi connectivity index (χ3n) is 3.68. The molecule has 0 aliphatic carbocycles. The Morgan fingerprint density at radius 2 is 1.85 bits per heavy atom. The highest BCUT2D eigenvalue weighted by Gasteiger charge is 2.13. The molecule has 1 amide bonds. The molecule has 8 heteroatoms. The first-order chi connectivity index (χ1) is 12.4. The second-order valence-electron chi connectivity index (χ2n) is 5.71. The van der Waals surface area contributed by atoms with Crippen LogP contribution in [0.2, 0.25) is 0 Å². The second kappa shape index (κ2) is 7.14. The molecular formula is C18H15FN4O3. The highest BCUT2D eigenvalue weighted by molar-refractivity contribution is 5.91. The van der Waals surface area contributed by atoms with Gasteiger partial charge in [-0.25, -0.2) is 9.07 Å². The SMILES string of the molecule is Cc1cc(NC(=O)Cc2ccc(F)cc2)n(-c2ccc([N+](=O)[O-])cc2)n1. The molecular weight excluding hydrogens is 339 g/mol. The first-order valence-electron chi connectivity index (χ1n) is 7.78. The Balaban J connectivity index is 1.79. The van der Waals surface area contributed by atoms with Crippen molar-refractivity contribution < 1.29 is 14.1 Å². The molecule has 0 aliphatic heterocycles. The number of non-ortho nitro benzene ring substituents is 1. The molecule has 0 bridgehead atoms. The van der Waals surface area contributed by atoms with Gasteiger partial charge >= 0.3 is 0 Å². The van der Waals surface area contributed by atoms with E-state index in [2.05, 4.69) is 10.4 Å². The maximum atomic E-state index is 12.9. The van der Waals surface area contributed by atoms with E-state index >= 15 is 0 Å². The fourth-order valence-corrected chi connectivity index (χ4v) is 2.48. The van der Waals surface area contributed by atoms with Crippen molar-refractivity contribution in [1.29, 1.82) is 0 Å².